The van der Waals surface area contributed by atoms with Crippen LogP contribution in [-0.4, -0.2) is 59.6 Å². The number of carbonyl (C=O) groups excluding carboxylic acids is 1. The van der Waals surface area contributed by atoms with E-state index in [4.69, 9.17) is 0 Å². The molecule has 4 heteroatoms. The third kappa shape index (κ3) is 2.65. The minimum Gasteiger partial charge on any atom is -0.395 e. The van der Waals surface area contributed by atoms with Gasteiger partial charge in [0.1, 0.15) is 5.41 Å². The molecule has 136 valence electrons. The Hall–Kier alpha value is -2.17. The Morgan fingerprint density at radius 1 is 0.962 bits per heavy atom. The summed E-state index contributed by atoms with van der Waals surface area (Å²) in [5.41, 5.74) is 0.660. The van der Waals surface area contributed by atoms with Crippen molar-refractivity contribution >= 4 is 5.91 Å². The molecule has 2 aliphatic rings. The van der Waals surface area contributed by atoms with Crippen molar-refractivity contribution < 1.29 is 9.90 Å². The fourth-order valence-electron chi connectivity index (χ4n) is 4.66. The van der Waals surface area contributed by atoms with Crippen LogP contribution >= 0.6 is 0 Å². The van der Waals surface area contributed by atoms with Gasteiger partial charge in [0.25, 0.3) is 0 Å². The third-order valence-electron chi connectivity index (χ3n) is 6.27. The Bertz CT molecular complexity index is 709. The van der Waals surface area contributed by atoms with Crippen LogP contribution in [0.5, 0.6) is 0 Å². The number of amides is 1. The largest absolute Gasteiger partial charge is 0.395 e. The third-order valence-corrected chi connectivity index (χ3v) is 6.27. The van der Waals surface area contributed by atoms with Gasteiger partial charge in [-0.3, -0.25) is 9.69 Å². The first-order valence-electron chi connectivity index (χ1n) is 9.40. The molecule has 4 rings (SSSR count). The molecule has 0 saturated carbocycles. The minimum atomic E-state index is -1.04. The molecule has 2 aromatic rings. The second-order valence-corrected chi connectivity index (χ2v) is 7.56. The number of benzene rings is 2. The van der Waals surface area contributed by atoms with Crippen LogP contribution in [0.25, 0.3) is 0 Å². The van der Waals surface area contributed by atoms with Crippen LogP contribution in [0.1, 0.15) is 24.0 Å². The summed E-state index contributed by atoms with van der Waals surface area (Å²) < 4.78 is 0. The second-order valence-electron chi connectivity index (χ2n) is 7.56. The summed E-state index contributed by atoms with van der Waals surface area (Å²) in [6.07, 6.45) is 2.29. The Morgan fingerprint density at radius 3 is 1.85 bits per heavy atom. The van der Waals surface area contributed by atoms with Gasteiger partial charge in [0.05, 0.1) is 6.61 Å². The number of likely N-dealkylation sites (tertiary alicyclic amines) is 1. The van der Waals surface area contributed by atoms with Gasteiger partial charge in [-0.15, -0.1) is 0 Å². The van der Waals surface area contributed by atoms with Gasteiger partial charge in [0.2, 0.25) is 5.91 Å². The number of hydrogen-bond acceptors (Lipinski definition) is 3. The molecular weight excluding hydrogens is 324 g/mol. The molecule has 2 aromatic carbocycles. The lowest BCUT2D eigenvalue weighted by molar-refractivity contribution is -0.140. The molecule has 0 radical (unpaired) electrons. The molecule has 26 heavy (non-hydrogen) atoms. The monoisotopic (exact) mass is 350 g/mol. The first-order chi connectivity index (χ1) is 12.7. The number of aliphatic hydroxyl groups is 1. The molecule has 1 amide bonds. The normalized spacial score (nSPS) is 23.2. The SMILES string of the molecule is CN1C2CCC1CN(C(=O)C(CO)(c1ccccc1)c1ccccc1)C2. The van der Waals surface area contributed by atoms with Crippen molar-refractivity contribution in [3.05, 3.63) is 71.8 Å². The maximum Gasteiger partial charge on any atom is 0.240 e. The average molecular weight is 350 g/mol. The summed E-state index contributed by atoms with van der Waals surface area (Å²) in [6.45, 7) is 1.25. The highest BCUT2D eigenvalue weighted by molar-refractivity contribution is 5.92. The number of aliphatic hydroxyl groups excluding tert-OH is 1. The van der Waals surface area contributed by atoms with Gasteiger partial charge in [0, 0.05) is 25.2 Å². The summed E-state index contributed by atoms with van der Waals surface area (Å²) >= 11 is 0. The summed E-state index contributed by atoms with van der Waals surface area (Å²) in [4.78, 5) is 18.2. The molecule has 0 aliphatic carbocycles. The standard InChI is InChI=1S/C22H26N2O2/c1-23-19-12-13-20(23)15-24(14-19)21(26)22(16-25,17-8-4-2-5-9-17)18-10-6-3-7-11-18/h2-11,19-20,25H,12-16H2,1H3. The van der Waals surface area contributed by atoms with Crippen molar-refractivity contribution in [2.24, 2.45) is 0 Å². The van der Waals surface area contributed by atoms with Crippen LogP contribution in [0.4, 0.5) is 0 Å². The van der Waals surface area contributed by atoms with Crippen LogP contribution in [0.2, 0.25) is 0 Å². The zero-order valence-corrected chi connectivity index (χ0v) is 15.2. The summed E-state index contributed by atoms with van der Waals surface area (Å²) in [5.74, 6) is 0.0161. The fraction of sp³-hybridized carbons (Fsp3) is 0.409. The predicted molar refractivity (Wildman–Crippen MR) is 102 cm³/mol. The van der Waals surface area contributed by atoms with E-state index in [9.17, 15) is 9.90 Å². The molecule has 2 bridgehead atoms. The lowest BCUT2D eigenvalue weighted by atomic mass is 9.73. The number of nitrogens with zero attached hydrogens (tertiary/aromatic N) is 2. The highest BCUT2D eigenvalue weighted by Gasteiger charge is 2.48. The van der Waals surface area contributed by atoms with Crippen LogP contribution in [0, 0.1) is 0 Å². The molecule has 1 N–H and O–H groups in total. The maximum absolute atomic E-state index is 13.8. The number of rotatable bonds is 4. The highest BCUT2D eigenvalue weighted by atomic mass is 16.3. The molecule has 4 nitrogen and oxygen atoms in total. The van der Waals surface area contributed by atoms with E-state index in [0.717, 1.165) is 37.1 Å². The van der Waals surface area contributed by atoms with E-state index < -0.39 is 5.41 Å². The van der Waals surface area contributed by atoms with Gasteiger partial charge in [0.15, 0.2) is 0 Å². The van der Waals surface area contributed by atoms with Crippen LogP contribution in [-0.2, 0) is 10.2 Å². The molecule has 2 heterocycles. The van der Waals surface area contributed by atoms with E-state index in [1.54, 1.807) is 0 Å². The van der Waals surface area contributed by atoms with Gasteiger partial charge in [-0.25, -0.2) is 0 Å². The van der Waals surface area contributed by atoms with Gasteiger partial charge in [-0.1, -0.05) is 60.7 Å². The van der Waals surface area contributed by atoms with Crippen LogP contribution in [0.15, 0.2) is 60.7 Å². The minimum absolute atomic E-state index is 0.0161. The number of fused-ring (bicyclic) bond motifs is 2. The highest BCUT2D eigenvalue weighted by Crippen LogP contribution is 2.37. The predicted octanol–water partition coefficient (Wildman–Crippen LogP) is 2.27. The Morgan fingerprint density at radius 2 is 1.42 bits per heavy atom. The molecular formula is C22H26N2O2. The lowest BCUT2D eigenvalue weighted by Gasteiger charge is -2.43. The quantitative estimate of drug-likeness (QED) is 0.920. The molecule has 2 atom stereocenters. The molecule has 2 fully saturated rings. The smallest absolute Gasteiger partial charge is 0.240 e. The topological polar surface area (TPSA) is 43.8 Å². The Balaban J connectivity index is 1.77. The van der Waals surface area contributed by atoms with Gasteiger partial charge in [-0.05, 0) is 31.0 Å². The van der Waals surface area contributed by atoms with E-state index in [-0.39, 0.29) is 12.5 Å². The molecule has 2 saturated heterocycles. The number of piperazine rings is 1. The zero-order chi connectivity index (χ0) is 18.1. The first kappa shape index (κ1) is 17.3. The number of carbonyl (C=O) groups is 1. The van der Waals surface area contributed by atoms with Crippen LogP contribution in [0.3, 0.4) is 0 Å². The Kier molecular flexibility index (Phi) is 4.55. The Labute approximate surface area is 155 Å². The van der Waals surface area contributed by atoms with E-state index in [0.29, 0.717) is 12.1 Å². The van der Waals surface area contributed by atoms with E-state index in [1.807, 2.05) is 65.6 Å². The van der Waals surface area contributed by atoms with E-state index >= 15 is 0 Å². The lowest BCUT2D eigenvalue weighted by Crippen LogP contribution is -2.59. The summed E-state index contributed by atoms with van der Waals surface area (Å²) in [7, 11) is 2.16. The molecule has 2 aliphatic heterocycles. The van der Waals surface area contributed by atoms with E-state index in [2.05, 4.69) is 11.9 Å². The summed E-state index contributed by atoms with van der Waals surface area (Å²) in [5, 5.41) is 10.5. The number of likely N-dealkylation sites (N-methyl/N-ethyl adjacent to an activating group) is 1. The average Bonchev–Trinajstić information content (AvgIpc) is 2.91. The van der Waals surface area contributed by atoms with Crippen LogP contribution < -0.4 is 0 Å². The van der Waals surface area contributed by atoms with Crippen molar-refractivity contribution in [3.63, 3.8) is 0 Å². The van der Waals surface area contributed by atoms with Crippen molar-refractivity contribution in [2.45, 2.75) is 30.3 Å². The van der Waals surface area contributed by atoms with Gasteiger partial charge >= 0.3 is 0 Å². The van der Waals surface area contributed by atoms with E-state index in [1.165, 1.54) is 0 Å². The summed E-state index contributed by atoms with van der Waals surface area (Å²) in [6, 6.07) is 20.3. The maximum atomic E-state index is 13.8. The second kappa shape index (κ2) is 6.86. The number of hydrogen-bond donors (Lipinski definition) is 1. The van der Waals surface area contributed by atoms with Gasteiger partial charge in [-0.2, -0.15) is 0 Å². The van der Waals surface area contributed by atoms with Crippen molar-refractivity contribution in [1.82, 2.24) is 9.80 Å². The van der Waals surface area contributed by atoms with Gasteiger partial charge < -0.3 is 10.0 Å². The molecule has 2 unspecified atom stereocenters. The first-order valence-corrected chi connectivity index (χ1v) is 9.40. The molecule has 0 spiro atoms. The zero-order valence-electron chi connectivity index (χ0n) is 15.2. The van der Waals surface area contributed by atoms with Crippen molar-refractivity contribution in [1.29, 1.82) is 0 Å². The molecule has 0 aromatic heterocycles. The fourth-order valence-corrected chi connectivity index (χ4v) is 4.66. The van der Waals surface area contributed by atoms with Crippen molar-refractivity contribution in [3.8, 4) is 0 Å². The van der Waals surface area contributed by atoms with Crippen molar-refractivity contribution in [2.75, 3.05) is 26.7 Å².